The molecule has 21 heavy (non-hydrogen) atoms. The number of hydrogen-bond acceptors (Lipinski definition) is 2. The lowest BCUT2D eigenvalue weighted by Gasteiger charge is -2.36. The van der Waals surface area contributed by atoms with Crippen molar-refractivity contribution >= 4 is 0 Å². The van der Waals surface area contributed by atoms with Gasteiger partial charge >= 0.3 is 0 Å². The quantitative estimate of drug-likeness (QED) is 0.922. The molecule has 0 saturated heterocycles. The minimum absolute atomic E-state index is 0.856. The van der Waals surface area contributed by atoms with E-state index in [1.54, 1.807) is 19.1 Å². The lowest BCUT2D eigenvalue weighted by molar-refractivity contribution is -0.942. The third-order valence-electron chi connectivity index (χ3n) is 5.35. The fraction of sp³-hybridized carbons (Fsp3) is 0.667. The third-order valence-corrected chi connectivity index (χ3v) is 5.35. The van der Waals surface area contributed by atoms with Gasteiger partial charge in [-0.25, -0.2) is 0 Å². The van der Waals surface area contributed by atoms with E-state index in [-0.39, 0.29) is 0 Å². The Morgan fingerprint density at radius 2 is 1.76 bits per heavy atom. The highest BCUT2D eigenvalue weighted by atomic mass is 16.5. The summed E-state index contributed by atoms with van der Waals surface area (Å²) < 4.78 is 10.9. The molecule has 1 aromatic carbocycles. The number of quaternary nitrogens is 1. The molecule has 3 heteroatoms. The van der Waals surface area contributed by atoms with Crippen LogP contribution >= 0.6 is 0 Å². The predicted octanol–water partition coefficient (Wildman–Crippen LogP) is 2.22. The molecule has 2 aliphatic rings. The summed E-state index contributed by atoms with van der Waals surface area (Å²) in [5, 5.41) is 0. The van der Waals surface area contributed by atoms with Crippen molar-refractivity contribution in [1.29, 1.82) is 0 Å². The van der Waals surface area contributed by atoms with Crippen LogP contribution in [0.1, 0.15) is 43.7 Å². The lowest BCUT2D eigenvalue weighted by Crippen LogP contribution is -3.15. The molecule has 0 aromatic heterocycles. The molecule has 3 nitrogen and oxygen atoms in total. The smallest absolute Gasteiger partial charge is 0.161 e. The number of methoxy groups -OCH3 is 2. The van der Waals surface area contributed by atoms with E-state index in [0.717, 1.165) is 36.4 Å². The second-order valence-corrected chi connectivity index (χ2v) is 6.78. The number of ether oxygens (including phenoxy) is 2. The maximum absolute atomic E-state index is 5.47. The van der Waals surface area contributed by atoms with Gasteiger partial charge in [-0.15, -0.1) is 0 Å². The summed E-state index contributed by atoms with van der Waals surface area (Å²) in [4.78, 5) is 1.78. The summed E-state index contributed by atoms with van der Waals surface area (Å²) in [6.07, 6.45) is 6.80. The van der Waals surface area contributed by atoms with Crippen molar-refractivity contribution in [3.8, 4) is 11.5 Å². The molecule has 0 spiro atoms. The van der Waals surface area contributed by atoms with Crippen molar-refractivity contribution in [3.63, 3.8) is 0 Å². The zero-order valence-corrected chi connectivity index (χ0v) is 13.6. The van der Waals surface area contributed by atoms with E-state index in [2.05, 4.69) is 19.1 Å². The Bertz CT molecular complexity index is 500. The highest BCUT2D eigenvalue weighted by Gasteiger charge is 2.31. The number of fused-ring (bicyclic) bond motifs is 1. The van der Waals surface area contributed by atoms with Crippen molar-refractivity contribution in [1.82, 2.24) is 0 Å². The van der Waals surface area contributed by atoms with E-state index in [4.69, 9.17) is 9.47 Å². The molecule has 1 heterocycles. The summed E-state index contributed by atoms with van der Waals surface area (Å²) >= 11 is 0. The van der Waals surface area contributed by atoms with Gasteiger partial charge in [-0.1, -0.05) is 13.3 Å². The van der Waals surface area contributed by atoms with Crippen molar-refractivity contribution in [3.05, 3.63) is 23.3 Å². The van der Waals surface area contributed by atoms with E-state index >= 15 is 0 Å². The first-order chi connectivity index (χ1) is 10.2. The van der Waals surface area contributed by atoms with E-state index in [0.29, 0.717) is 0 Å². The largest absolute Gasteiger partial charge is 0.493 e. The van der Waals surface area contributed by atoms with Crippen molar-refractivity contribution in [2.45, 2.75) is 51.6 Å². The fourth-order valence-corrected chi connectivity index (χ4v) is 4.14. The molecular formula is C18H28NO2+. The molecule has 0 amide bonds. The second-order valence-electron chi connectivity index (χ2n) is 6.78. The summed E-state index contributed by atoms with van der Waals surface area (Å²) in [6, 6.07) is 5.23. The van der Waals surface area contributed by atoms with Crippen LogP contribution < -0.4 is 14.4 Å². The summed E-state index contributed by atoms with van der Waals surface area (Å²) in [5.74, 6) is 2.64. The minimum atomic E-state index is 0.856. The van der Waals surface area contributed by atoms with Crippen LogP contribution in [0.5, 0.6) is 11.5 Å². The maximum Gasteiger partial charge on any atom is 0.161 e. The van der Waals surface area contributed by atoms with E-state index < -0.39 is 0 Å². The first kappa shape index (κ1) is 14.7. The third kappa shape index (κ3) is 3.03. The van der Waals surface area contributed by atoms with Crippen LogP contribution in [0.15, 0.2) is 12.1 Å². The monoisotopic (exact) mass is 290 g/mol. The first-order valence-electron chi connectivity index (χ1n) is 8.29. The zero-order chi connectivity index (χ0) is 14.8. The zero-order valence-electron chi connectivity index (χ0n) is 13.6. The molecule has 1 aromatic rings. The Morgan fingerprint density at radius 3 is 2.43 bits per heavy atom. The van der Waals surface area contributed by atoms with Gasteiger partial charge in [0.2, 0.25) is 0 Å². The molecule has 3 rings (SSSR count). The second kappa shape index (κ2) is 6.27. The van der Waals surface area contributed by atoms with Crippen molar-refractivity contribution in [2.24, 2.45) is 5.92 Å². The highest BCUT2D eigenvalue weighted by molar-refractivity contribution is 5.47. The topological polar surface area (TPSA) is 22.9 Å². The Labute approximate surface area is 128 Å². The van der Waals surface area contributed by atoms with Crippen LogP contribution in [0.4, 0.5) is 0 Å². The Morgan fingerprint density at radius 1 is 1.05 bits per heavy atom. The standard InChI is InChI=1S/C18H27NO2/c1-13-5-4-6-16(9-13)19-8-7-14-10-17(20-2)18(21-3)11-15(14)12-19/h10-11,13,16H,4-9,12H2,1-3H3/p+1/t13-,16-/m1/s1. The highest BCUT2D eigenvalue weighted by Crippen LogP contribution is 2.31. The average molecular weight is 290 g/mol. The van der Waals surface area contributed by atoms with E-state index in [1.165, 1.54) is 43.4 Å². The maximum atomic E-state index is 5.47. The Hall–Kier alpha value is -1.22. The molecule has 3 atom stereocenters. The fourth-order valence-electron chi connectivity index (χ4n) is 4.14. The molecule has 1 unspecified atom stereocenters. The van der Waals surface area contributed by atoms with Gasteiger partial charge in [0.1, 0.15) is 6.54 Å². The van der Waals surface area contributed by atoms with Crippen LogP contribution in [0.25, 0.3) is 0 Å². The number of rotatable bonds is 3. The minimum Gasteiger partial charge on any atom is -0.493 e. The van der Waals surface area contributed by atoms with Crippen molar-refractivity contribution < 1.29 is 14.4 Å². The Balaban J connectivity index is 1.78. The van der Waals surface area contributed by atoms with Crippen LogP contribution in [0.3, 0.4) is 0 Å². The molecule has 0 bridgehead atoms. The van der Waals surface area contributed by atoms with E-state index in [1.807, 2.05) is 0 Å². The molecule has 1 saturated carbocycles. The van der Waals surface area contributed by atoms with Gasteiger partial charge in [0.05, 0.1) is 26.8 Å². The van der Waals surface area contributed by atoms with Gasteiger partial charge in [-0.05, 0) is 36.5 Å². The van der Waals surface area contributed by atoms with Crippen LogP contribution in [0.2, 0.25) is 0 Å². The molecular weight excluding hydrogens is 262 g/mol. The van der Waals surface area contributed by atoms with Crippen LogP contribution in [-0.4, -0.2) is 26.8 Å². The molecule has 1 N–H and O–H groups in total. The molecule has 1 fully saturated rings. The van der Waals surface area contributed by atoms with Gasteiger partial charge in [-0.2, -0.15) is 0 Å². The summed E-state index contributed by atoms with van der Waals surface area (Å²) in [5.41, 5.74) is 2.90. The van der Waals surface area contributed by atoms with Crippen molar-refractivity contribution in [2.75, 3.05) is 20.8 Å². The number of nitrogens with one attached hydrogen (secondary N) is 1. The number of benzene rings is 1. The first-order valence-corrected chi connectivity index (χ1v) is 8.29. The molecule has 1 aliphatic heterocycles. The van der Waals surface area contributed by atoms with Gasteiger partial charge in [0.25, 0.3) is 0 Å². The average Bonchev–Trinajstić information content (AvgIpc) is 2.53. The van der Waals surface area contributed by atoms with Gasteiger partial charge in [0, 0.05) is 18.4 Å². The van der Waals surface area contributed by atoms with Gasteiger partial charge in [-0.3, -0.25) is 0 Å². The number of hydrogen-bond donors (Lipinski definition) is 1. The predicted molar refractivity (Wildman–Crippen MR) is 84.2 cm³/mol. The molecule has 1 aliphatic carbocycles. The SMILES string of the molecule is COc1cc2c(cc1OC)C[NH+]([C@@H]1CCC[C@@H](C)C1)CC2. The van der Waals surface area contributed by atoms with Gasteiger partial charge in [0.15, 0.2) is 11.5 Å². The van der Waals surface area contributed by atoms with Crippen LogP contribution in [-0.2, 0) is 13.0 Å². The molecule has 0 radical (unpaired) electrons. The van der Waals surface area contributed by atoms with E-state index in [9.17, 15) is 0 Å². The summed E-state index contributed by atoms with van der Waals surface area (Å²) in [7, 11) is 3.44. The summed E-state index contributed by atoms with van der Waals surface area (Å²) in [6.45, 7) is 4.82. The molecule has 116 valence electrons. The Kier molecular flexibility index (Phi) is 4.39. The lowest BCUT2D eigenvalue weighted by atomic mass is 9.85. The van der Waals surface area contributed by atoms with Crippen LogP contribution in [0, 0.1) is 5.92 Å². The van der Waals surface area contributed by atoms with Gasteiger partial charge < -0.3 is 14.4 Å². The normalized spacial score (nSPS) is 28.8.